The lowest BCUT2D eigenvalue weighted by Gasteiger charge is -2.13. The van der Waals surface area contributed by atoms with Crippen molar-refractivity contribution in [2.45, 2.75) is 20.8 Å². The van der Waals surface area contributed by atoms with Crippen LogP contribution in [0.3, 0.4) is 0 Å². The number of hydrogen-bond donors (Lipinski definition) is 1. The molecule has 1 aliphatic heterocycles. The molecule has 7 heteroatoms. The van der Waals surface area contributed by atoms with Crippen molar-refractivity contribution in [3.8, 4) is 0 Å². The summed E-state index contributed by atoms with van der Waals surface area (Å²) in [6, 6.07) is 0. The Morgan fingerprint density at radius 2 is 2.00 bits per heavy atom. The van der Waals surface area contributed by atoms with Gasteiger partial charge in [0.1, 0.15) is 11.5 Å². The fourth-order valence-electron chi connectivity index (χ4n) is 2.09. The van der Waals surface area contributed by atoms with Crippen molar-refractivity contribution in [3.05, 3.63) is 22.6 Å². The minimum atomic E-state index is -0.254. The van der Waals surface area contributed by atoms with Crippen molar-refractivity contribution in [1.82, 2.24) is 10.2 Å². The average Bonchev–Trinajstić information content (AvgIpc) is 2.82. The van der Waals surface area contributed by atoms with Gasteiger partial charge in [0.25, 0.3) is 11.1 Å². The molecule has 0 saturated carbocycles. The second kappa shape index (κ2) is 5.70. The van der Waals surface area contributed by atoms with Gasteiger partial charge in [0.2, 0.25) is 5.91 Å². The van der Waals surface area contributed by atoms with E-state index in [0.717, 1.165) is 22.2 Å². The molecule has 0 radical (unpaired) electrons. The summed E-state index contributed by atoms with van der Waals surface area (Å²) in [6.07, 6.45) is 0. The number of thioether (sulfide) groups is 1. The van der Waals surface area contributed by atoms with Crippen LogP contribution in [0, 0.1) is 20.8 Å². The van der Waals surface area contributed by atoms with E-state index in [-0.39, 0.29) is 35.9 Å². The van der Waals surface area contributed by atoms with E-state index < -0.39 is 0 Å². The molecule has 108 valence electrons. The number of nitrogens with zero attached hydrogens (tertiary/aromatic N) is 1. The molecule has 1 aromatic heterocycles. The Balaban J connectivity index is 1.93. The van der Waals surface area contributed by atoms with Crippen molar-refractivity contribution >= 4 is 28.8 Å². The van der Waals surface area contributed by atoms with E-state index >= 15 is 0 Å². The van der Waals surface area contributed by atoms with E-state index in [2.05, 4.69) is 5.32 Å². The zero-order chi connectivity index (χ0) is 14.9. The van der Waals surface area contributed by atoms with Crippen LogP contribution >= 0.6 is 11.8 Å². The first-order chi connectivity index (χ1) is 9.41. The molecular formula is C13H16N2O4S. The van der Waals surface area contributed by atoms with Gasteiger partial charge in [-0.05, 0) is 20.8 Å². The van der Waals surface area contributed by atoms with Gasteiger partial charge in [-0.15, -0.1) is 0 Å². The summed E-state index contributed by atoms with van der Waals surface area (Å²) in [5.74, 6) is 1.02. The molecule has 0 bridgehead atoms. The van der Waals surface area contributed by atoms with Gasteiger partial charge in [-0.1, -0.05) is 11.8 Å². The van der Waals surface area contributed by atoms with Crippen LogP contribution in [0.2, 0.25) is 0 Å². The normalized spacial score (nSPS) is 15.1. The number of imide groups is 1. The van der Waals surface area contributed by atoms with Gasteiger partial charge in [-0.2, -0.15) is 0 Å². The molecule has 2 heterocycles. The lowest BCUT2D eigenvalue weighted by molar-refractivity contribution is -0.124. The summed E-state index contributed by atoms with van der Waals surface area (Å²) in [7, 11) is 0. The highest BCUT2D eigenvalue weighted by Crippen LogP contribution is 2.20. The summed E-state index contributed by atoms with van der Waals surface area (Å²) in [5.41, 5.74) is 1.33. The molecule has 0 aromatic carbocycles. The second-order valence-electron chi connectivity index (χ2n) is 4.57. The summed E-state index contributed by atoms with van der Waals surface area (Å²) >= 11 is 0.987. The first-order valence-corrected chi connectivity index (χ1v) is 7.22. The highest BCUT2D eigenvalue weighted by molar-refractivity contribution is 8.14. The van der Waals surface area contributed by atoms with Crippen LogP contribution in [0.25, 0.3) is 0 Å². The molecule has 1 aromatic rings. The fraction of sp³-hybridized carbons (Fsp3) is 0.462. The van der Waals surface area contributed by atoms with Gasteiger partial charge in [0.05, 0.1) is 11.3 Å². The monoisotopic (exact) mass is 296 g/mol. The zero-order valence-corrected chi connectivity index (χ0v) is 12.4. The van der Waals surface area contributed by atoms with Gasteiger partial charge in [-0.25, -0.2) is 0 Å². The largest absolute Gasteiger partial charge is 0.466 e. The Morgan fingerprint density at radius 3 is 2.50 bits per heavy atom. The fourth-order valence-corrected chi connectivity index (χ4v) is 2.85. The van der Waals surface area contributed by atoms with Gasteiger partial charge in [0, 0.05) is 18.7 Å². The van der Waals surface area contributed by atoms with Crippen LogP contribution in [0.1, 0.15) is 27.4 Å². The Morgan fingerprint density at radius 1 is 1.30 bits per heavy atom. The first-order valence-electron chi connectivity index (χ1n) is 6.23. The molecule has 1 N–H and O–H groups in total. The van der Waals surface area contributed by atoms with E-state index in [4.69, 9.17) is 4.42 Å². The van der Waals surface area contributed by atoms with Crippen LogP contribution in [0.15, 0.2) is 4.42 Å². The van der Waals surface area contributed by atoms with E-state index in [0.29, 0.717) is 17.1 Å². The van der Waals surface area contributed by atoms with Gasteiger partial charge >= 0.3 is 0 Å². The van der Waals surface area contributed by atoms with Crippen molar-refractivity contribution < 1.29 is 18.8 Å². The highest BCUT2D eigenvalue weighted by Gasteiger charge is 2.29. The zero-order valence-electron chi connectivity index (χ0n) is 11.6. The Bertz CT molecular complexity index is 563. The Kier molecular flexibility index (Phi) is 4.17. The topological polar surface area (TPSA) is 79.6 Å². The van der Waals surface area contributed by atoms with Crippen LogP contribution in [-0.4, -0.2) is 40.8 Å². The van der Waals surface area contributed by atoms with Gasteiger partial charge in [0.15, 0.2) is 0 Å². The maximum absolute atomic E-state index is 12.1. The predicted octanol–water partition coefficient (Wildman–Crippen LogP) is 1.63. The number of hydrogen-bond acceptors (Lipinski definition) is 5. The highest BCUT2D eigenvalue weighted by atomic mass is 32.2. The molecule has 1 saturated heterocycles. The number of furan rings is 1. The summed E-state index contributed by atoms with van der Waals surface area (Å²) in [5, 5.41) is 2.45. The molecule has 2 rings (SSSR count). The van der Waals surface area contributed by atoms with E-state index in [1.807, 2.05) is 6.92 Å². The number of rotatable bonds is 4. The molecule has 0 aliphatic carbocycles. The minimum absolute atomic E-state index is 0.186. The Hall–Kier alpha value is -1.76. The number of amides is 3. The number of carbonyl (C=O) groups is 3. The third kappa shape index (κ3) is 2.72. The Labute approximate surface area is 120 Å². The lowest BCUT2D eigenvalue weighted by Crippen LogP contribution is -2.37. The predicted molar refractivity (Wildman–Crippen MR) is 74.8 cm³/mol. The van der Waals surface area contributed by atoms with Crippen LogP contribution in [0.5, 0.6) is 0 Å². The van der Waals surface area contributed by atoms with Gasteiger partial charge < -0.3 is 9.73 Å². The van der Waals surface area contributed by atoms with Crippen molar-refractivity contribution in [2.24, 2.45) is 0 Å². The van der Waals surface area contributed by atoms with Crippen LogP contribution < -0.4 is 5.32 Å². The number of nitrogens with one attached hydrogen (secondary N) is 1. The van der Waals surface area contributed by atoms with E-state index in [1.165, 1.54) is 0 Å². The molecule has 3 amide bonds. The average molecular weight is 296 g/mol. The standard InChI is InChI=1S/C13H16N2O4S/c1-7-8(2)19-9(3)11(7)12(17)14-4-5-15-10(16)6-20-13(15)18/h4-6H2,1-3H3,(H,14,17). The van der Waals surface area contributed by atoms with Crippen LogP contribution in [-0.2, 0) is 4.79 Å². The summed E-state index contributed by atoms with van der Waals surface area (Å²) in [6.45, 7) is 5.80. The minimum Gasteiger partial charge on any atom is -0.466 e. The molecule has 0 atom stereocenters. The third-order valence-electron chi connectivity index (χ3n) is 3.25. The summed E-state index contributed by atoms with van der Waals surface area (Å²) in [4.78, 5) is 36.0. The third-order valence-corrected chi connectivity index (χ3v) is 4.11. The summed E-state index contributed by atoms with van der Waals surface area (Å²) < 4.78 is 5.40. The van der Waals surface area contributed by atoms with Crippen molar-refractivity contribution in [3.63, 3.8) is 0 Å². The van der Waals surface area contributed by atoms with E-state index in [1.54, 1.807) is 13.8 Å². The quantitative estimate of drug-likeness (QED) is 0.913. The second-order valence-corrected chi connectivity index (χ2v) is 5.50. The number of carbonyl (C=O) groups excluding carboxylic acids is 3. The first kappa shape index (κ1) is 14.6. The maximum Gasteiger partial charge on any atom is 0.288 e. The SMILES string of the molecule is Cc1oc(C)c(C(=O)NCCN2C(=O)CSC2=O)c1C. The smallest absolute Gasteiger partial charge is 0.288 e. The molecule has 0 spiro atoms. The molecule has 20 heavy (non-hydrogen) atoms. The van der Waals surface area contributed by atoms with Crippen LogP contribution in [0.4, 0.5) is 4.79 Å². The molecule has 6 nitrogen and oxygen atoms in total. The lowest BCUT2D eigenvalue weighted by atomic mass is 10.1. The van der Waals surface area contributed by atoms with Gasteiger partial charge in [-0.3, -0.25) is 19.3 Å². The van der Waals surface area contributed by atoms with E-state index in [9.17, 15) is 14.4 Å². The maximum atomic E-state index is 12.1. The molecular weight excluding hydrogens is 280 g/mol. The molecule has 1 aliphatic rings. The molecule has 0 unspecified atom stereocenters. The van der Waals surface area contributed by atoms with Crippen molar-refractivity contribution in [2.75, 3.05) is 18.8 Å². The molecule has 1 fully saturated rings. The van der Waals surface area contributed by atoms with Crippen molar-refractivity contribution in [1.29, 1.82) is 0 Å². The number of aryl methyl sites for hydroxylation is 2.